The molecular formula is C23H23ClN4O4. The highest BCUT2D eigenvalue weighted by Crippen LogP contribution is 2.12. The molecule has 32 heavy (non-hydrogen) atoms. The number of rotatable bonds is 6. The maximum Gasteiger partial charge on any atom is 0.352 e. The molecule has 8 nitrogen and oxygen atoms in total. The molecule has 2 aromatic carbocycles. The van der Waals surface area contributed by atoms with Crippen LogP contribution in [0.4, 0.5) is 0 Å². The Morgan fingerprint density at radius 2 is 2.00 bits per heavy atom. The van der Waals surface area contributed by atoms with Gasteiger partial charge in [-0.1, -0.05) is 41.4 Å². The van der Waals surface area contributed by atoms with Gasteiger partial charge in [-0.05, 0) is 49.6 Å². The van der Waals surface area contributed by atoms with Crippen molar-refractivity contribution in [3.05, 3.63) is 91.2 Å². The van der Waals surface area contributed by atoms with Crippen molar-refractivity contribution in [3.8, 4) is 5.69 Å². The van der Waals surface area contributed by atoms with E-state index in [2.05, 4.69) is 10.4 Å². The second kappa shape index (κ2) is 9.50. The Hall–Kier alpha value is -3.23. The first-order chi connectivity index (χ1) is 15.4. The maximum absolute atomic E-state index is 13.2. The van der Waals surface area contributed by atoms with Gasteiger partial charge in [0.1, 0.15) is 0 Å². The van der Waals surface area contributed by atoms with Crippen LogP contribution in [0.1, 0.15) is 34.5 Å². The van der Waals surface area contributed by atoms with E-state index in [1.54, 1.807) is 36.4 Å². The van der Waals surface area contributed by atoms with Crippen molar-refractivity contribution >= 4 is 17.5 Å². The van der Waals surface area contributed by atoms with Crippen LogP contribution in [0.5, 0.6) is 0 Å². The molecule has 0 spiro atoms. The summed E-state index contributed by atoms with van der Waals surface area (Å²) in [5, 5.41) is 7.33. The molecule has 1 aromatic heterocycles. The van der Waals surface area contributed by atoms with E-state index >= 15 is 0 Å². The number of carbonyl (C=O) groups is 1. The molecular weight excluding hydrogens is 432 g/mol. The van der Waals surface area contributed by atoms with Crippen molar-refractivity contribution in [2.75, 3.05) is 13.2 Å². The maximum atomic E-state index is 13.2. The van der Waals surface area contributed by atoms with E-state index in [1.165, 1.54) is 0 Å². The van der Waals surface area contributed by atoms with Gasteiger partial charge in [-0.3, -0.25) is 14.2 Å². The van der Waals surface area contributed by atoms with Gasteiger partial charge in [-0.2, -0.15) is 9.78 Å². The molecule has 1 amide bonds. The van der Waals surface area contributed by atoms with E-state index in [-0.39, 0.29) is 24.9 Å². The number of hydrogen-bond acceptors (Lipinski definition) is 5. The summed E-state index contributed by atoms with van der Waals surface area (Å²) in [5.74, 6) is -0.647. The lowest BCUT2D eigenvalue weighted by Crippen LogP contribution is -2.46. The molecule has 1 N–H and O–H groups in total. The van der Waals surface area contributed by atoms with Crippen LogP contribution in [-0.2, 0) is 11.3 Å². The highest BCUT2D eigenvalue weighted by atomic mass is 35.5. The van der Waals surface area contributed by atoms with Crippen molar-refractivity contribution in [1.82, 2.24) is 19.7 Å². The summed E-state index contributed by atoms with van der Waals surface area (Å²) >= 11 is 6.06. The Balaban J connectivity index is 1.76. The zero-order valence-electron chi connectivity index (χ0n) is 17.6. The number of amides is 1. The molecule has 2 heterocycles. The Kier molecular flexibility index (Phi) is 6.53. The summed E-state index contributed by atoms with van der Waals surface area (Å²) in [5.41, 5.74) is 0.351. The van der Waals surface area contributed by atoms with E-state index in [0.717, 1.165) is 27.7 Å². The number of hydrogen-bond donors (Lipinski definition) is 1. The highest BCUT2D eigenvalue weighted by molar-refractivity contribution is 6.30. The summed E-state index contributed by atoms with van der Waals surface area (Å²) < 4.78 is 7.60. The molecule has 4 rings (SSSR count). The smallest absolute Gasteiger partial charge is 0.352 e. The predicted octanol–water partition coefficient (Wildman–Crippen LogP) is 2.31. The van der Waals surface area contributed by atoms with Crippen LogP contribution in [-0.4, -0.2) is 39.5 Å². The second-order valence-corrected chi connectivity index (χ2v) is 8.18. The van der Waals surface area contributed by atoms with Crippen molar-refractivity contribution in [2.45, 2.75) is 32.4 Å². The van der Waals surface area contributed by atoms with Crippen molar-refractivity contribution in [2.24, 2.45) is 0 Å². The number of halogens is 1. The number of ether oxygens (including phenoxy) is 1. The lowest BCUT2D eigenvalue weighted by Gasteiger charge is -2.14. The summed E-state index contributed by atoms with van der Waals surface area (Å²) in [6.45, 7) is 2.81. The van der Waals surface area contributed by atoms with Crippen LogP contribution in [0.15, 0.2) is 58.1 Å². The summed E-state index contributed by atoms with van der Waals surface area (Å²) in [6.07, 6.45) is 1.69. The molecule has 1 fully saturated rings. The third kappa shape index (κ3) is 4.81. The second-order valence-electron chi connectivity index (χ2n) is 7.74. The van der Waals surface area contributed by atoms with E-state index in [0.29, 0.717) is 22.9 Å². The topological polar surface area (TPSA) is 95.2 Å². The molecule has 0 bridgehead atoms. The number of carbonyl (C=O) groups excluding carboxylic acids is 1. The van der Waals surface area contributed by atoms with E-state index in [1.807, 2.05) is 19.1 Å². The Labute approximate surface area is 189 Å². The number of aromatic nitrogens is 3. The van der Waals surface area contributed by atoms with Gasteiger partial charge in [-0.25, -0.2) is 4.79 Å². The average Bonchev–Trinajstić information content (AvgIpc) is 3.30. The first-order valence-electron chi connectivity index (χ1n) is 10.4. The Bertz CT molecular complexity index is 1240. The van der Waals surface area contributed by atoms with E-state index in [4.69, 9.17) is 16.3 Å². The van der Waals surface area contributed by atoms with Gasteiger partial charge < -0.3 is 10.1 Å². The molecule has 0 unspecified atom stereocenters. The quantitative estimate of drug-likeness (QED) is 0.616. The van der Waals surface area contributed by atoms with E-state index < -0.39 is 17.2 Å². The van der Waals surface area contributed by atoms with Gasteiger partial charge in [0.25, 0.3) is 11.5 Å². The normalized spacial score (nSPS) is 15.6. The fraction of sp³-hybridized carbons (Fsp3) is 0.304. The Morgan fingerprint density at radius 1 is 1.22 bits per heavy atom. The molecule has 1 aliphatic heterocycles. The van der Waals surface area contributed by atoms with Crippen molar-refractivity contribution in [1.29, 1.82) is 0 Å². The molecule has 0 aliphatic carbocycles. The monoisotopic (exact) mass is 454 g/mol. The molecule has 166 valence electrons. The van der Waals surface area contributed by atoms with Gasteiger partial charge in [-0.15, -0.1) is 0 Å². The van der Waals surface area contributed by atoms with Crippen LogP contribution in [0.25, 0.3) is 5.69 Å². The van der Waals surface area contributed by atoms with E-state index in [9.17, 15) is 14.4 Å². The van der Waals surface area contributed by atoms with Gasteiger partial charge in [0.15, 0.2) is 0 Å². The molecule has 3 aromatic rings. The first kappa shape index (κ1) is 22.0. The van der Waals surface area contributed by atoms with Gasteiger partial charge in [0, 0.05) is 18.2 Å². The molecule has 1 aliphatic rings. The van der Waals surface area contributed by atoms with Crippen LogP contribution in [0.3, 0.4) is 0 Å². The highest BCUT2D eigenvalue weighted by Gasteiger charge is 2.22. The third-order valence-corrected chi connectivity index (χ3v) is 5.53. The number of benzene rings is 2. The largest absolute Gasteiger partial charge is 0.376 e. The van der Waals surface area contributed by atoms with Gasteiger partial charge >= 0.3 is 5.69 Å². The molecule has 0 saturated carbocycles. The van der Waals surface area contributed by atoms with Gasteiger partial charge in [0.05, 0.1) is 18.3 Å². The van der Waals surface area contributed by atoms with Crippen LogP contribution < -0.4 is 16.6 Å². The summed E-state index contributed by atoms with van der Waals surface area (Å²) in [6, 6.07) is 13.9. The molecule has 0 radical (unpaired) electrons. The summed E-state index contributed by atoms with van der Waals surface area (Å²) in [7, 11) is 0. The third-order valence-electron chi connectivity index (χ3n) is 5.30. The number of nitrogens with one attached hydrogen (secondary N) is 1. The van der Waals surface area contributed by atoms with Crippen LogP contribution >= 0.6 is 11.6 Å². The first-order valence-corrected chi connectivity index (χ1v) is 10.8. The fourth-order valence-corrected chi connectivity index (χ4v) is 3.78. The standard InChI is InChI=1S/C23H23ClN4O4/c1-15-7-9-18(10-8-15)28-23(31)27(14-16-4-2-5-17(24)12-16)22(30)20(26-28)21(29)25-13-19-6-3-11-32-19/h2,4-5,7-10,12,19H,3,6,11,13-14H2,1H3,(H,25,29)/t19-/m0/s1. The SMILES string of the molecule is Cc1ccc(-n2nc(C(=O)NC[C@@H]3CCCO3)c(=O)n(Cc3cccc(Cl)c3)c2=O)cc1. The zero-order valence-corrected chi connectivity index (χ0v) is 18.3. The summed E-state index contributed by atoms with van der Waals surface area (Å²) in [4.78, 5) is 39.2. The Morgan fingerprint density at radius 3 is 2.69 bits per heavy atom. The minimum atomic E-state index is -0.761. The minimum absolute atomic E-state index is 0.0430. The van der Waals surface area contributed by atoms with Crippen molar-refractivity contribution < 1.29 is 9.53 Å². The lowest BCUT2D eigenvalue weighted by molar-refractivity contribution is 0.0849. The molecule has 9 heteroatoms. The molecule has 1 saturated heterocycles. The average molecular weight is 455 g/mol. The predicted molar refractivity (Wildman–Crippen MR) is 121 cm³/mol. The number of nitrogens with zero attached hydrogens (tertiary/aromatic N) is 3. The van der Waals surface area contributed by atoms with Crippen LogP contribution in [0, 0.1) is 6.92 Å². The van der Waals surface area contributed by atoms with Gasteiger partial charge in [0.2, 0.25) is 5.69 Å². The minimum Gasteiger partial charge on any atom is -0.376 e. The van der Waals surface area contributed by atoms with Crippen LogP contribution in [0.2, 0.25) is 5.02 Å². The zero-order chi connectivity index (χ0) is 22.7. The van der Waals surface area contributed by atoms with Crippen molar-refractivity contribution in [3.63, 3.8) is 0 Å². The number of aryl methyl sites for hydroxylation is 1. The fourth-order valence-electron chi connectivity index (χ4n) is 3.56. The lowest BCUT2D eigenvalue weighted by atomic mass is 10.2. The molecule has 1 atom stereocenters.